The van der Waals surface area contributed by atoms with Gasteiger partial charge in [0.1, 0.15) is 0 Å². The fourth-order valence-electron chi connectivity index (χ4n) is 5.51. The van der Waals surface area contributed by atoms with Gasteiger partial charge in [-0.25, -0.2) is 8.42 Å². The van der Waals surface area contributed by atoms with Gasteiger partial charge in [-0.3, -0.25) is 0 Å². The highest BCUT2D eigenvalue weighted by Crippen LogP contribution is 2.39. The summed E-state index contributed by atoms with van der Waals surface area (Å²) in [5.41, 5.74) is 4.89. The van der Waals surface area contributed by atoms with Gasteiger partial charge in [0.2, 0.25) is 10.0 Å². The van der Waals surface area contributed by atoms with Crippen molar-refractivity contribution in [3.63, 3.8) is 0 Å². The molecule has 0 unspecified atom stereocenters. The quantitative estimate of drug-likeness (QED) is 0.279. The van der Waals surface area contributed by atoms with Crippen LogP contribution in [0.4, 0.5) is 0 Å². The molecule has 1 fully saturated rings. The molecule has 4 aromatic rings. The zero-order valence-electron chi connectivity index (χ0n) is 21.3. The van der Waals surface area contributed by atoms with Gasteiger partial charge < -0.3 is 14.0 Å². The molecule has 37 heavy (non-hydrogen) atoms. The SMILES string of the molecule is COc1ccc(S(=O)(=O)N2CCC(c3c(C)n(Cc4cccc(Cl)c4)c4ccccc34)CC2)cc1OC. The van der Waals surface area contributed by atoms with Crippen molar-refractivity contribution < 1.29 is 17.9 Å². The summed E-state index contributed by atoms with van der Waals surface area (Å²) < 4.78 is 41.4. The minimum absolute atomic E-state index is 0.220. The summed E-state index contributed by atoms with van der Waals surface area (Å²) in [5, 5.41) is 1.97. The zero-order chi connectivity index (χ0) is 26.2. The van der Waals surface area contributed by atoms with Gasteiger partial charge in [0.15, 0.2) is 11.5 Å². The van der Waals surface area contributed by atoms with E-state index in [-0.39, 0.29) is 10.8 Å². The van der Waals surface area contributed by atoms with E-state index in [1.54, 1.807) is 16.4 Å². The second-order valence-electron chi connectivity index (χ2n) is 9.43. The highest BCUT2D eigenvalue weighted by atomic mass is 35.5. The summed E-state index contributed by atoms with van der Waals surface area (Å²) in [6, 6.07) is 21.2. The lowest BCUT2D eigenvalue weighted by Gasteiger charge is -2.32. The average Bonchev–Trinajstić information content (AvgIpc) is 3.19. The fourth-order valence-corrected chi connectivity index (χ4v) is 7.20. The van der Waals surface area contributed by atoms with Crippen molar-refractivity contribution in [3.8, 4) is 11.5 Å². The smallest absolute Gasteiger partial charge is 0.243 e. The lowest BCUT2D eigenvalue weighted by Crippen LogP contribution is -2.38. The maximum absolute atomic E-state index is 13.4. The molecule has 194 valence electrons. The van der Waals surface area contributed by atoms with Crippen LogP contribution < -0.4 is 9.47 Å². The maximum Gasteiger partial charge on any atom is 0.243 e. The molecule has 5 rings (SSSR count). The number of aromatic nitrogens is 1. The number of hydrogen-bond donors (Lipinski definition) is 0. The molecular formula is C29H31ClN2O4S. The second kappa shape index (κ2) is 10.4. The average molecular weight is 539 g/mol. The molecule has 0 radical (unpaired) electrons. The third kappa shape index (κ3) is 4.83. The van der Waals surface area contributed by atoms with E-state index in [1.807, 2.05) is 18.2 Å². The molecule has 8 heteroatoms. The van der Waals surface area contributed by atoms with Crippen LogP contribution in [-0.2, 0) is 16.6 Å². The second-order valence-corrected chi connectivity index (χ2v) is 11.8. The minimum Gasteiger partial charge on any atom is -0.493 e. The topological polar surface area (TPSA) is 60.8 Å². The van der Waals surface area contributed by atoms with E-state index in [4.69, 9.17) is 21.1 Å². The minimum atomic E-state index is -3.64. The van der Waals surface area contributed by atoms with Gasteiger partial charge in [-0.05, 0) is 67.1 Å². The Morgan fingerprint density at radius 1 is 0.919 bits per heavy atom. The Morgan fingerprint density at radius 3 is 2.35 bits per heavy atom. The van der Waals surface area contributed by atoms with Crippen molar-refractivity contribution in [2.24, 2.45) is 0 Å². The molecule has 0 N–H and O–H groups in total. The van der Waals surface area contributed by atoms with Gasteiger partial charge in [0.25, 0.3) is 0 Å². The van der Waals surface area contributed by atoms with E-state index >= 15 is 0 Å². The number of halogens is 1. The Bertz CT molecular complexity index is 1540. The van der Waals surface area contributed by atoms with Crippen LogP contribution in [-0.4, -0.2) is 44.6 Å². The van der Waals surface area contributed by atoms with Gasteiger partial charge in [-0.15, -0.1) is 0 Å². The molecule has 2 heterocycles. The molecule has 0 amide bonds. The first-order chi connectivity index (χ1) is 17.8. The summed E-state index contributed by atoms with van der Waals surface area (Å²) in [6.07, 6.45) is 1.52. The molecule has 0 bridgehead atoms. The number of rotatable bonds is 7. The van der Waals surface area contributed by atoms with Crippen molar-refractivity contribution in [1.82, 2.24) is 8.87 Å². The zero-order valence-corrected chi connectivity index (χ0v) is 22.8. The molecule has 1 aliphatic rings. The summed E-state index contributed by atoms with van der Waals surface area (Å²) in [4.78, 5) is 0.220. The molecule has 1 saturated heterocycles. The number of hydrogen-bond acceptors (Lipinski definition) is 4. The van der Waals surface area contributed by atoms with Crippen LogP contribution in [0.25, 0.3) is 10.9 Å². The predicted octanol–water partition coefficient (Wildman–Crippen LogP) is 6.24. The van der Waals surface area contributed by atoms with E-state index in [0.29, 0.717) is 24.6 Å². The number of methoxy groups -OCH3 is 2. The summed E-state index contributed by atoms with van der Waals surface area (Å²) in [5.74, 6) is 1.19. The first kappa shape index (κ1) is 25.6. The molecular weight excluding hydrogens is 508 g/mol. The first-order valence-corrected chi connectivity index (χ1v) is 14.2. The lowest BCUT2D eigenvalue weighted by molar-refractivity contribution is 0.319. The third-order valence-corrected chi connectivity index (χ3v) is 9.49. The summed E-state index contributed by atoms with van der Waals surface area (Å²) in [7, 11) is -0.600. The van der Waals surface area contributed by atoms with Crippen LogP contribution in [0.5, 0.6) is 11.5 Å². The molecule has 0 atom stereocenters. The van der Waals surface area contributed by atoms with Crippen molar-refractivity contribution in [1.29, 1.82) is 0 Å². The van der Waals surface area contributed by atoms with Crippen molar-refractivity contribution in [2.75, 3.05) is 27.3 Å². The number of para-hydroxylation sites is 1. The van der Waals surface area contributed by atoms with Gasteiger partial charge in [-0.2, -0.15) is 4.31 Å². The van der Waals surface area contributed by atoms with Gasteiger partial charge in [-0.1, -0.05) is 41.9 Å². The number of piperidine rings is 1. The van der Waals surface area contributed by atoms with Gasteiger partial charge in [0, 0.05) is 47.3 Å². The van der Waals surface area contributed by atoms with Gasteiger partial charge >= 0.3 is 0 Å². The molecule has 0 saturated carbocycles. The van der Waals surface area contributed by atoms with Crippen LogP contribution in [0.15, 0.2) is 71.6 Å². The Hall–Kier alpha value is -3.00. The molecule has 0 aliphatic carbocycles. The number of fused-ring (bicyclic) bond motifs is 1. The summed E-state index contributed by atoms with van der Waals surface area (Å²) in [6.45, 7) is 3.84. The number of sulfonamides is 1. The largest absolute Gasteiger partial charge is 0.493 e. The maximum atomic E-state index is 13.4. The molecule has 0 spiro atoms. The summed E-state index contributed by atoms with van der Waals surface area (Å²) >= 11 is 6.25. The van der Waals surface area contributed by atoms with E-state index in [1.165, 1.54) is 42.4 Å². The molecule has 1 aliphatic heterocycles. The fraction of sp³-hybridized carbons (Fsp3) is 0.310. The predicted molar refractivity (Wildman–Crippen MR) is 148 cm³/mol. The molecule has 1 aromatic heterocycles. The van der Waals surface area contributed by atoms with Crippen molar-refractivity contribution in [2.45, 2.75) is 37.1 Å². The Labute approximate surface area is 223 Å². The highest BCUT2D eigenvalue weighted by Gasteiger charge is 2.32. The van der Waals surface area contributed by atoms with Crippen LogP contribution in [0, 0.1) is 6.92 Å². The Kier molecular flexibility index (Phi) is 7.21. The van der Waals surface area contributed by atoms with E-state index in [0.717, 1.165) is 30.0 Å². The van der Waals surface area contributed by atoms with Crippen LogP contribution in [0.3, 0.4) is 0 Å². The Balaban J connectivity index is 1.41. The van der Waals surface area contributed by atoms with Crippen LogP contribution in [0.1, 0.15) is 35.6 Å². The lowest BCUT2D eigenvalue weighted by atomic mass is 9.88. The van der Waals surface area contributed by atoms with E-state index < -0.39 is 10.0 Å². The van der Waals surface area contributed by atoms with Crippen LogP contribution >= 0.6 is 11.6 Å². The Morgan fingerprint density at radius 2 is 1.65 bits per heavy atom. The number of ether oxygens (including phenoxy) is 2. The standard InChI is InChI=1S/C29H31ClN2O4S/c1-20-29(25-9-4-5-10-26(25)32(20)19-21-7-6-8-23(30)17-21)22-13-15-31(16-14-22)37(33,34)24-11-12-27(35-2)28(18-24)36-3/h4-12,17-18,22H,13-16,19H2,1-3H3. The molecule has 6 nitrogen and oxygen atoms in total. The number of benzene rings is 3. The normalized spacial score (nSPS) is 15.2. The van der Waals surface area contributed by atoms with Crippen molar-refractivity contribution in [3.05, 3.63) is 88.6 Å². The molecule has 3 aromatic carbocycles. The number of nitrogens with zero attached hydrogens (tertiary/aromatic N) is 2. The van der Waals surface area contributed by atoms with E-state index in [2.05, 4.69) is 41.8 Å². The van der Waals surface area contributed by atoms with Crippen molar-refractivity contribution >= 4 is 32.5 Å². The van der Waals surface area contributed by atoms with E-state index in [9.17, 15) is 8.42 Å². The monoisotopic (exact) mass is 538 g/mol. The van der Waals surface area contributed by atoms with Crippen LogP contribution in [0.2, 0.25) is 5.02 Å². The van der Waals surface area contributed by atoms with Gasteiger partial charge in [0.05, 0.1) is 19.1 Å². The highest BCUT2D eigenvalue weighted by molar-refractivity contribution is 7.89. The third-order valence-electron chi connectivity index (χ3n) is 7.36. The first-order valence-electron chi connectivity index (χ1n) is 12.4.